The minimum absolute atomic E-state index is 0. The molecule has 2 heterocycles. The van der Waals surface area contributed by atoms with Crippen molar-refractivity contribution in [1.29, 1.82) is 0 Å². The summed E-state index contributed by atoms with van der Waals surface area (Å²) in [6.45, 7) is 8.21. The molecule has 218 valence electrons. The molecule has 5 aromatic rings. The van der Waals surface area contributed by atoms with E-state index in [-0.39, 0.29) is 63.0 Å². The van der Waals surface area contributed by atoms with Crippen molar-refractivity contribution in [1.82, 2.24) is 19.7 Å². The number of aryl methyl sites for hydroxylation is 2. The molecule has 1 N–H and O–H groups in total. The monoisotopic (exact) mass is 604 g/mol. The summed E-state index contributed by atoms with van der Waals surface area (Å²) in [5, 5.41) is 3.85. The third-order valence-corrected chi connectivity index (χ3v) is 7.49. The molecule has 5 rings (SSSR count). The fourth-order valence-electron chi connectivity index (χ4n) is 5.26. The van der Waals surface area contributed by atoms with Crippen LogP contribution < -0.4 is 16.1 Å². The van der Waals surface area contributed by atoms with Gasteiger partial charge in [-0.15, -0.1) is 0 Å². The average Bonchev–Trinajstić information content (AvgIpc) is 3.45. The fraction of sp³-hybridized carbons (Fsp3) is 0.294. The van der Waals surface area contributed by atoms with E-state index < -0.39 is 5.76 Å². The molecule has 3 aromatic carbocycles. The first-order valence-electron chi connectivity index (χ1n) is 14.5. The number of nitrogens with one attached hydrogen (secondary N) is 1. The number of nitrogens with zero attached hydrogens (tertiary/aromatic N) is 3. The first kappa shape index (κ1) is 32.8. The average molecular weight is 605 g/mol. The van der Waals surface area contributed by atoms with Crippen LogP contribution in [0.25, 0.3) is 28.2 Å². The summed E-state index contributed by atoms with van der Waals surface area (Å²) < 4.78 is 12.5. The Kier molecular flexibility index (Phi) is 11.5. The quantitative estimate of drug-likeness (QED) is 0.185. The molecular weight excluding hydrogens is 567 g/mol. The van der Waals surface area contributed by atoms with Crippen molar-refractivity contribution in [3.8, 4) is 34.0 Å². The SMILES string of the molecule is CCCc1nc(C)n(-c2ccc(OC(CC)CC)cc2)c(=O)c1Cc1ccc(-c2ccccc2-c2noc(=O)[nH]2)cc1.[KH]. The summed E-state index contributed by atoms with van der Waals surface area (Å²) in [7, 11) is 0. The number of H-pyrrole nitrogens is 1. The Morgan fingerprint density at radius 2 is 1.58 bits per heavy atom. The van der Waals surface area contributed by atoms with Gasteiger partial charge in [0.05, 0.1) is 17.5 Å². The Bertz CT molecular complexity index is 1770. The summed E-state index contributed by atoms with van der Waals surface area (Å²) in [4.78, 5) is 33.0. The third kappa shape index (κ3) is 7.53. The van der Waals surface area contributed by atoms with Crippen LogP contribution in [-0.2, 0) is 12.8 Å². The molecule has 8 nitrogen and oxygen atoms in total. The number of rotatable bonds is 11. The van der Waals surface area contributed by atoms with Crippen molar-refractivity contribution in [2.45, 2.75) is 65.9 Å². The molecule has 0 fully saturated rings. The second kappa shape index (κ2) is 15.1. The zero-order valence-corrected chi connectivity index (χ0v) is 24.5. The van der Waals surface area contributed by atoms with Crippen LogP contribution in [0.4, 0.5) is 0 Å². The maximum absolute atomic E-state index is 14.0. The molecule has 2 aromatic heterocycles. The summed E-state index contributed by atoms with van der Waals surface area (Å²) in [6.07, 6.45) is 4.15. The van der Waals surface area contributed by atoms with Crippen LogP contribution in [0.2, 0.25) is 0 Å². The summed E-state index contributed by atoms with van der Waals surface area (Å²) in [5.74, 6) is 1.25. The summed E-state index contributed by atoms with van der Waals surface area (Å²) >= 11 is 0. The minimum atomic E-state index is -0.596. The van der Waals surface area contributed by atoms with Crippen LogP contribution in [-0.4, -0.2) is 77.2 Å². The third-order valence-electron chi connectivity index (χ3n) is 7.49. The van der Waals surface area contributed by atoms with E-state index in [1.807, 2.05) is 79.7 Å². The van der Waals surface area contributed by atoms with Gasteiger partial charge in [-0.3, -0.25) is 18.9 Å². The van der Waals surface area contributed by atoms with Gasteiger partial charge in [-0.2, -0.15) is 0 Å². The number of benzene rings is 3. The van der Waals surface area contributed by atoms with E-state index in [2.05, 4.69) is 30.9 Å². The Morgan fingerprint density at radius 3 is 2.19 bits per heavy atom. The number of aromatic amines is 1. The van der Waals surface area contributed by atoms with E-state index in [9.17, 15) is 9.59 Å². The molecule has 0 unspecified atom stereocenters. The molecule has 9 heteroatoms. The van der Waals surface area contributed by atoms with Crippen molar-refractivity contribution in [2.75, 3.05) is 0 Å². The van der Waals surface area contributed by atoms with Crippen molar-refractivity contribution < 1.29 is 9.26 Å². The van der Waals surface area contributed by atoms with Crippen LogP contribution in [0, 0.1) is 6.92 Å². The number of aromatic nitrogens is 4. The van der Waals surface area contributed by atoms with E-state index in [0.717, 1.165) is 65.1 Å². The molecule has 0 aliphatic heterocycles. The molecular formula is C34H37KN4O4. The first-order valence-corrected chi connectivity index (χ1v) is 14.5. The molecule has 0 spiro atoms. The van der Waals surface area contributed by atoms with Crippen molar-refractivity contribution >= 4 is 51.4 Å². The molecule has 0 atom stereocenters. The normalized spacial score (nSPS) is 11.0. The molecule has 0 saturated heterocycles. The van der Waals surface area contributed by atoms with Crippen molar-refractivity contribution in [3.05, 3.63) is 116 Å². The molecule has 0 amide bonds. The van der Waals surface area contributed by atoms with Crippen molar-refractivity contribution in [3.63, 3.8) is 0 Å². The van der Waals surface area contributed by atoms with Crippen LogP contribution in [0.3, 0.4) is 0 Å². The number of hydrogen-bond acceptors (Lipinski definition) is 6. The predicted molar refractivity (Wildman–Crippen MR) is 172 cm³/mol. The van der Waals surface area contributed by atoms with E-state index in [4.69, 9.17) is 14.2 Å². The topological polar surface area (TPSA) is 103 Å². The van der Waals surface area contributed by atoms with Gasteiger partial charge in [-0.1, -0.05) is 80.9 Å². The second-order valence-electron chi connectivity index (χ2n) is 10.4. The number of hydrogen-bond donors (Lipinski definition) is 1. The molecule has 0 aliphatic carbocycles. The van der Waals surface area contributed by atoms with Gasteiger partial charge in [0.15, 0.2) is 5.82 Å². The van der Waals surface area contributed by atoms with Gasteiger partial charge < -0.3 is 4.74 Å². The second-order valence-corrected chi connectivity index (χ2v) is 10.4. The van der Waals surface area contributed by atoms with Crippen LogP contribution in [0.15, 0.2) is 86.9 Å². The zero-order valence-electron chi connectivity index (χ0n) is 24.5. The number of ether oxygens (including phenoxy) is 1. The Balaban J connectivity index is 0.00000423. The van der Waals surface area contributed by atoms with Crippen molar-refractivity contribution in [2.24, 2.45) is 0 Å². The molecule has 0 saturated carbocycles. The van der Waals surface area contributed by atoms with E-state index in [1.165, 1.54) is 0 Å². The Morgan fingerprint density at radius 1 is 0.907 bits per heavy atom. The van der Waals surface area contributed by atoms with Crippen LogP contribution in [0.5, 0.6) is 5.75 Å². The van der Waals surface area contributed by atoms with Gasteiger partial charge in [0.25, 0.3) is 5.56 Å². The molecule has 0 radical (unpaired) electrons. The summed E-state index contributed by atoms with van der Waals surface area (Å²) in [5.41, 5.74) is 5.91. The predicted octanol–water partition coefficient (Wildman–Crippen LogP) is 6.01. The van der Waals surface area contributed by atoms with Gasteiger partial charge >= 0.3 is 57.1 Å². The van der Waals surface area contributed by atoms with Gasteiger partial charge in [0, 0.05) is 17.5 Å². The van der Waals surface area contributed by atoms with Crippen LogP contribution in [0.1, 0.15) is 62.7 Å². The Hall–Kier alpha value is -3.08. The fourth-order valence-corrected chi connectivity index (χ4v) is 5.26. The first-order chi connectivity index (χ1) is 20.4. The molecule has 0 aliphatic rings. The van der Waals surface area contributed by atoms with E-state index in [0.29, 0.717) is 23.6 Å². The van der Waals surface area contributed by atoms with E-state index in [1.54, 1.807) is 4.57 Å². The van der Waals surface area contributed by atoms with Gasteiger partial charge in [-0.05, 0) is 67.1 Å². The van der Waals surface area contributed by atoms with Gasteiger partial charge in [-0.25, -0.2) is 9.78 Å². The summed E-state index contributed by atoms with van der Waals surface area (Å²) in [6, 6.07) is 23.5. The van der Waals surface area contributed by atoms with Gasteiger partial charge in [0.2, 0.25) is 0 Å². The molecule has 0 bridgehead atoms. The van der Waals surface area contributed by atoms with Gasteiger partial charge in [0.1, 0.15) is 11.6 Å². The molecule has 43 heavy (non-hydrogen) atoms. The van der Waals surface area contributed by atoms with E-state index >= 15 is 0 Å². The standard InChI is InChI=1S/C34H36N4O4.K.H/c1-5-10-31-30(33(39)38(22(4)35-31)25-17-19-27(20-18-25)41-26(6-2)7-3)21-23-13-15-24(16-14-23)28-11-8-9-12-29(28)32-36-34(40)42-37-32;;/h8-9,11-20,26H,5-7,10,21H2,1-4H3,(H,36,37,40);;. The zero-order chi connectivity index (χ0) is 29.6. The Labute approximate surface area is 294 Å². The van der Waals surface area contributed by atoms with Crippen LogP contribution >= 0.6 is 0 Å². The maximum atomic E-state index is 14.0.